The van der Waals surface area contributed by atoms with Crippen LogP contribution in [0, 0.1) is 0 Å². The highest BCUT2D eigenvalue weighted by atomic mass is 32.2. The van der Waals surface area contributed by atoms with Gasteiger partial charge in [-0.1, -0.05) is 38.1 Å². The summed E-state index contributed by atoms with van der Waals surface area (Å²) >= 11 is 0. The Hall–Kier alpha value is -2.95. The molecule has 10 heteroatoms. The van der Waals surface area contributed by atoms with Gasteiger partial charge in [0.15, 0.2) is 0 Å². The van der Waals surface area contributed by atoms with E-state index in [-0.39, 0.29) is 25.6 Å². The third-order valence-electron chi connectivity index (χ3n) is 5.60. The Labute approximate surface area is 194 Å². The van der Waals surface area contributed by atoms with Gasteiger partial charge in [-0.15, -0.1) is 0 Å². The first-order valence-corrected chi connectivity index (χ1v) is 12.3. The normalized spacial score (nSPS) is 14.9. The highest BCUT2D eigenvalue weighted by Gasteiger charge is 2.32. The van der Waals surface area contributed by atoms with Crippen LogP contribution in [-0.4, -0.2) is 73.0 Å². The standard InChI is InChI=1S/C23H30N4O5S/c1-3-26(4-2)33(30,31)27-14-12-25(13-15-27)23(29)19-9-7-8-18(16-19)17-32-21-11-6-5-10-20(21)22(24)28/h5-11,16H,3-4,12-15,17H2,1-2H3,(H2,24,28). The summed E-state index contributed by atoms with van der Waals surface area (Å²) < 4.78 is 34.0. The Morgan fingerprint density at radius 2 is 1.67 bits per heavy atom. The molecule has 0 spiro atoms. The summed E-state index contributed by atoms with van der Waals surface area (Å²) in [5.74, 6) is -0.349. The highest BCUT2D eigenvalue weighted by Crippen LogP contribution is 2.20. The van der Waals surface area contributed by atoms with Crippen molar-refractivity contribution in [2.45, 2.75) is 20.5 Å². The van der Waals surface area contributed by atoms with E-state index in [0.29, 0.717) is 43.1 Å². The van der Waals surface area contributed by atoms with Gasteiger partial charge in [-0.3, -0.25) is 9.59 Å². The van der Waals surface area contributed by atoms with Gasteiger partial charge < -0.3 is 15.4 Å². The fraction of sp³-hybridized carbons (Fsp3) is 0.391. The largest absolute Gasteiger partial charge is 0.488 e. The Balaban J connectivity index is 1.63. The maximum absolute atomic E-state index is 13.0. The summed E-state index contributed by atoms with van der Waals surface area (Å²) in [6, 6.07) is 13.8. The molecule has 178 valence electrons. The first kappa shape index (κ1) is 24.7. The Morgan fingerprint density at radius 1 is 1.00 bits per heavy atom. The second-order valence-electron chi connectivity index (χ2n) is 7.63. The summed E-state index contributed by atoms with van der Waals surface area (Å²) in [5, 5.41) is 0. The number of carbonyl (C=O) groups is 2. The third-order valence-corrected chi connectivity index (χ3v) is 7.79. The monoisotopic (exact) mass is 474 g/mol. The van der Waals surface area contributed by atoms with Crippen molar-refractivity contribution in [3.8, 4) is 5.75 Å². The Morgan fingerprint density at radius 3 is 2.30 bits per heavy atom. The molecule has 0 unspecified atom stereocenters. The van der Waals surface area contributed by atoms with E-state index in [1.807, 2.05) is 19.9 Å². The number of hydrogen-bond donors (Lipinski definition) is 1. The average molecular weight is 475 g/mol. The summed E-state index contributed by atoms with van der Waals surface area (Å²) in [6.07, 6.45) is 0. The van der Waals surface area contributed by atoms with Gasteiger partial charge in [-0.25, -0.2) is 0 Å². The number of nitrogens with two attached hydrogens (primary N) is 1. The number of primary amides is 1. The fourth-order valence-electron chi connectivity index (χ4n) is 3.77. The molecule has 0 aliphatic carbocycles. The predicted molar refractivity (Wildman–Crippen MR) is 125 cm³/mol. The third kappa shape index (κ3) is 5.70. The minimum atomic E-state index is -3.51. The molecule has 2 N–H and O–H groups in total. The van der Waals surface area contributed by atoms with Crippen molar-refractivity contribution in [3.63, 3.8) is 0 Å². The zero-order chi connectivity index (χ0) is 24.0. The first-order valence-electron chi connectivity index (χ1n) is 10.9. The average Bonchev–Trinajstić information content (AvgIpc) is 2.83. The maximum atomic E-state index is 13.0. The van der Waals surface area contributed by atoms with Crippen molar-refractivity contribution in [3.05, 3.63) is 65.2 Å². The van der Waals surface area contributed by atoms with Gasteiger partial charge in [0.25, 0.3) is 22.0 Å². The lowest BCUT2D eigenvalue weighted by molar-refractivity contribution is 0.0694. The smallest absolute Gasteiger partial charge is 0.282 e. The van der Waals surface area contributed by atoms with Crippen molar-refractivity contribution in [1.82, 2.24) is 13.5 Å². The number of amides is 2. The molecular formula is C23H30N4O5S. The lowest BCUT2D eigenvalue weighted by Gasteiger charge is -2.36. The number of nitrogens with zero attached hydrogens (tertiary/aromatic N) is 3. The van der Waals surface area contributed by atoms with E-state index in [1.165, 1.54) is 8.61 Å². The van der Waals surface area contributed by atoms with E-state index in [2.05, 4.69) is 0 Å². The second kappa shape index (κ2) is 10.8. The van der Waals surface area contributed by atoms with Crippen LogP contribution in [0.25, 0.3) is 0 Å². The van der Waals surface area contributed by atoms with Gasteiger partial charge in [0.2, 0.25) is 0 Å². The molecule has 33 heavy (non-hydrogen) atoms. The quantitative estimate of drug-likeness (QED) is 0.594. The molecule has 9 nitrogen and oxygen atoms in total. The lowest BCUT2D eigenvalue weighted by Crippen LogP contribution is -2.54. The summed E-state index contributed by atoms with van der Waals surface area (Å²) in [5.41, 5.74) is 6.95. The van der Waals surface area contributed by atoms with Crippen LogP contribution in [0.1, 0.15) is 40.1 Å². The Bertz CT molecular complexity index is 1090. The predicted octanol–water partition coefficient (Wildman–Crippen LogP) is 1.71. The molecule has 0 saturated carbocycles. The Kier molecular flexibility index (Phi) is 8.06. The number of ether oxygens (including phenoxy) is 1. The van der Waals surface area contributed by atoms with Crippen molar-refractivity contribution in [1.29, 1.82) is 0 Å². The number of hydrogen-bond acceptors (Lipinski definition) is 5. The van der Waals surface area contributed by atoms with Gasteiger partial charge in [-0.05, 0) is 29.8 Å². The van der Waals surface area contributed by atoms with Crippen molar-refractivity contribution in [2.75, 3.05) is 39.3 Å². The van der Waals surface area contributed by atoms with E-state index < -0.39 is 16.1 Å². The highest BCUT2D eigenvalue weighted by molar-refractivity contribution is 7.86. The molecule has 2 aromatic carbocycles. The van der Waals surface area contributed by atoms with Crippen LogP contribution in [0.4, 0.5) is 0 Å². The number of para-hydroxylation sites is 1. The van der Waals surface area contributed by atoms with Crippen LogP contribution in [0.5, 0.6) is 5.75 Å². The molecule has 0 aromatic heterocycles. The molecule has 3 rings (SSSR count). The second-order valence-corrected chi connectivity index (χ2v) is 9.56. The molecule has 1 fully saturated rings. The van der Waals surface area contributed by atoms with Crippen molar-refractivity contribution in [2.24, 2.45) is 5.73 Å². The van der Waals surface area contributed by atoms with Crippen LogP contribution in [0.15, 0.2) is 48.5 Å². The van der Waals surface area contributed by atoms with E-state index >= 15 is 0 Å². The number of carbonyl (C=O) groups excluding carboxylic acids is 2. The molecule has 2 aromatic rings. The molecule has 2 amide bonds. The van der Waals surface area contributed by atoms with Gasteiger partial charge in [-0.2, -0.15) is 17.0 Å². The fourth-order valence-corrected chi connectivity index (χ4v) is 5.37. The lowest BCUT2D eigenvalue weighted by atomic mass is 10.1. The van der Waals surface area contributed by atoms with Crippen LogP contribution >= 0.6 is 0 Å². The SMILES string of the molecule is CCN(CC)S(=O)(=O)N1CCN(C(=O)c2cccc(COc3ccccc3C(N)=O)c2)CC1. The topological polar surface area (TPSA) is 113 Å². The minimum absolute atomic E-state index is 0.158. The van der Waals surface area contributed by atoms with Gasteiger partial charge in [0.1, 0.15) is 12.4 Å². The molecule has 1 aliphatic rings. The summed E-state index contributed by atoms with van der Waals surface area (Å²) in [7, 11) is -3.51. The van der Waals surface area contributed by atoms with E-state index in [1.54, 1.807) is 47.4 Å². The van der Waals surface area contributed by atoms with Crippen LogP contribution in [-0.2, 0) is 16.8 Å². The molecular weight excluding hydrogens is 444 g/mol. The first-order chi connectivity index (χ1) is 15.8. The van der Waals surface area contributed by atoms with E-state index in [9.17, 15) is 18.0 Å². The number of benzene rings is 2. The van der Waals surface area contributed by atoms with Crippen LogP contribution < -0.4 is 10.5 Å². The maximum Gasteiger partial charge on any atom is 0.282 e. The molecule has 0 radical (unpaired) electrons. The van der Waals surface area contributed by atoms with E-state index in [0.717, 1.165) is 5.56 Å². The zero-order valence-corrected chi connectivity index (χ0v) is 19.8. The number of piperazine rings is 1. The molecule has 0 bridgehead atoms. The van der Waals surface area contributed by atoms with Crippen molar-refractivity contribution < 1.29 is 22.7 Å². The number of rotatable bonds is 9. The van der Waals surface area contributed by atoms with Crippen molar-refractivity contribution >= 4 is 22.0 Å². The van der Waals surface area contributed by atoms with E-state index in [4.69, 9.17) is 10.5 Å². The molecule has 1 saturated heterocycles. The van der Waals surface area contributed by atoms with Crippen LogP contribution in [0.2, 0.25) is 0 Å². The molecule has 0 atom stereocenters. The van der Waals surface area contributed by atoms with Crippen LogP contribution in [0.3, 0.4) is 0 Å². The zero-order valence-electron chi connectivity index (χ0n) is 18.9. The minimum Gasteiger partial charge on any atom is -0.488 e. The summed E-state index contributed by atoms with van der Waals surface area (Å²) in [4.78, 5) is 26.2. The van der Waals surface area contributed by atoms with Gasteiger partial charge >= 0.3 is 0 Å². The molecule has 1 aliphatic heterocycles. The van der Waals surface area contributed by atoms with Gasteiger partial charge in [0.05, 0.1) is 5.56 Å². The van der Waals surface area contributed by atoms with Gasteiger partial charge in [0, 0.05) is 44.8 Å². The summed E-state index contributed by atoms with van der Waals surface area (Å²) in [6.45, 7) is 5.79. The molecule has 1 heterocycles.